The molecule has 6 heteroatoms. The Bertz CT molecular complexity index is 494. The molecule has 0 aromatic rings. The summed E-state index contributed by atoms with van der Waals surface area (Å²) in [7, 11) is 2.64. The molecule has 4 aliphatic rings. The van der Waals surface area contributed by atoms with Crippen LogP contribution in [0, 0.1) is 23.2 Å². The first kappa shape index (κ1) is 17.2. The zero-order chi connectivity index (χ0) is 17.3. The average Bonchev–Trinajstić information content (AvgIpc) is 2.56. The average molecular weight is 337 g/mol. The summed E-state index contributed by atoms with van der Waals surface area (Å²) in [5.74, 6) is 1.18. The Labute approximate surface area is 142 Å². The Morgan fingerprint density at radius 3 is 1.88 bits per heavy atom. The first-order valence-electron chi connectivity index (χ1n) is 8.89. The van der Waals surface area contributed by atoms with Crippen molar-refractivity contribution in [3.05, 3.63) is 0 Å². The van der Waals surface area contributed by atoms with E-state index in [0.717, 1.165) is 19.3 Å². The molecular weight excluding hydrogens is 310 g/mol. The molecule has 1 amide bonds. The second kappa shape index (κ2) is 6.73. The van der Waals surface area contributed by atoms with E-state index in [2.05, 4.69) is 4.74 Å². The van der Waals surface area contributed by atoms with Gasteiger partial charge < -0.3 is 14.4 Å². The second-order valence-electron chi connectivity index (χ2n) is 7.83. The predicted octanol–water partition coefficient (Wildman–Crippen LogP) is 1.77. The maximum atomic E-state index is 13.3. The van der Waals surface area contributed by atoms with Crippen molar-refractivity contribution in [2.45, 2.75) is 44.9 Å². The summed E-state index contributed by atoms with van der Waals surface area (Å²) in [6.45, 7) is 0.121. The van der Waals surface area contributed by atoms with Crippen LogP contribution in [0.2, 0.25) is 0 Å². The fourth-order valence-corrected chi connectivity index (χ4v) is 5.51. The van der Waals surface area contributed by atoms with Gasteiger partial charge in [-0.25, -0.2) is 0 Å². The van der Waals surface area contributed by atoms with Crippen LogP contribution in [0.5, 0.6) is 0 Å². The van der Waals surface area contributed by atoms with Gasteiger partial charge in [-0.3, -0.25) is 14.4 Å². The number of hydrogen-bond donors (Lipinski definition) is 0. The maximum absolute atomic E-state index is 13.3. The van der Waals surface area contributed by atoms with Crippen LogP contribution in [0.25, 0.3) is 0 Å². The van der Waals surface area contributed by atoms with E-state index in [1.165, 1.54) is 38.4 Å². The van der Waals surface area contributed by atoms with E-state index in [-0.39, 0.29) is 36.8 Å². The zero-order valence-corrected chi connectivity index (χ0v) is 14.6. The van der Waals surface area contributed by atoms with Gasteiger partial charge in [0.05, 0.1) is 26.1 Å². The van der Waals surface area contributed by atoms with Crippen molar-refractivity contribution in [2.24, 2.45) is 23.2 Å². The van der Waals surface area contributed by atoms with Crippen LogP contribution < -0.4 is 0 Å². The minimum absolute atomic E-state index is 0.0379. The van der Waals surface area contributed by atoms with Gasteiger partial charge in [0.2, 0.25) is 5.91 Å². The van der Waals surface area contributed by atoms with Crippen molar-refractivity contribution in [1.82, 2.24) is 4.90 Å². The fraction of sp³-hybridized carbons (Fsp3) is 0.833. The minimum Gasteiger partial charge on any atom is -0.469 e. The van der Waals surface area contributed by atoms with E-state index in [9.17, 15) is 14.4 Å². The van der Waals surface area contributed by atoms with Crippen LogP contribution in [0.15, 0.2) is 0 Å². The van der Waals surface area contributed by atoms with E-state index in [4.69, 9.17) is 4.74 Å². The molecule has 0 N–H and O–H groups in total. The van der Waals surface area contributed by atoms with Crippen LogP contribution in [0.1, 0.15) is 44.9 Å². The van der Waals surface area contributed by atoms with Gasteiger partial charge in [0.15, 0.2) is 0 Å². The molecule has 6 nitrogen and oxygen atoms in total. The lowest BCUT2D eigenvalue weighted by atomic mass is 9.49. The quantitative estimate of drug-likeness (QED) is 0.691. The number of carbonyl (C=O) groups is 3. The number of hydrogen-bond acceptors (Lipinski definition) is 5. The zero-order valence-electron chi connectivity index (χ0n) is 14.6. The van der Waals surface area contributed by atoms with Gasteiger partial charge in [-0.2, -0.15) is 0 Å². The topological polar surface area (TPSA) is 72.9 Å². The smallest absolute Gasteiger partial charge is 0.325 e. The van der Waals surface area contributed by atoms with Crippen molar-refractivity contribution >= 4 is 17.8 Å². The third-order valence-corrected chi connectivity index (χ3v) is 6.14. The largest absolute Gasteiger partial charge is 0.469 e. The first-order chi connectivity index (χ1) is 11.5. The number of carbonyl (C=O) groups excluding carboxylic acids is 3. The molecular formula is C18H27NO5. The molecule has 24 heavy (non-hydrogen) atoms. The SMILES string of the molecule is COC(=O)CCN(CC(=O)OC)C(=O)C12CC3CC(CC(C3)C1)C2. The summed E-state index contributed by atoms with van der Waals surface area (Å²) in [4.78, 5) is 38.0. The standard InChI is InChI=1S/C18H27NO5/c1-23-15(20)3-4-19(11-16(21)24-2)17(22)18-8-12-5-13(9-18)7-14(6-12)10-18/h12-14H,3-11H2,1-2H3. The fourth-order valence-electron chi connectivity index (χ4n) is 5.51. The number of esters is 2. The molecule has 0 unspecified atom stereocenters. The van der Waals surface area contributed by atoms with Gasteiger partial charge in [0.1, 0.15) is 6.54 Å². The van der Waals surface area contributed by atoms with Gasteiger partial charge in [-0.05, 0) is 56.3 Å². The van der Waals surface area contributed by atoms with Crippen LogP contribution in [0.4, 0.5) is 0 Å². The van der Waals surface area contributed by atoms with Gasteiger partial charge in [-0.1, -0.05) is 0 Å². The van der Waals surface area contributed by atoms with E-state index < -0.39 is 5.97 Å². The normalized spacial score (nSPS) is 33.2. The monoisotopic (exact) mass is 337 g/mol. The highest BCUT2D eigenvalue weighted by Gasteiger charge is 2.55. The highest BCUT2D eigenvalue weighted by atomic mass is 16.5. The molecule has 4 fully saturated rings. The van der Waals surface area contributed by atoms with Crippen LogP contribution in [-0.2, 0) is 23.9 Å². The summed E-state index contributed by atoms with van der Waals surface area (Å²) < 4.78 is 9.40. The molecule has 0 atom stereocenters. The molecule has 0 heterocycles. The van der Waals surface area contributed by atoms with E-state index in [1.54, 1.807) is 0 Å². The van der Waals surface area contributed by atoms with Gasteiger partial charge in [0.25, 0.3) is 0 Å². The van der Waals surface area contributed by atoms with Gasteiger partial charge in [-0.15, -0.1) is 0 Å². The van der Waals surface area contributed by atoms with Gasteiger partial charge in [0, 0.05) is 6.54 Å². The number of amides is 1. The summed E-state index contributed by atoms with van der Waals surface area (Å²) in [6.07, 6.45) is 6.68. The summed E-state index contributed by atoms with van der Waals surface area (Å²) >= 11 is 0. The second-order valence-corrected chi connectivity index (χ2v) is 7.83. The van der Waals surface area contributed by atoms with Crippen LogP contribution in [0.3, 0.4) is 0 Å². The minimum atomic E-state index is -0.446. The van der Waals surface area contributed by atoms with Crippen LogP contribution in [-0.4, -0.2) is 50.1 Å². The van der Waals surface area contributed by atoms with Crippen molar-refractivity contribution in [3.63, 3.8) is 0 Å². The Morgan fingerprint density at radius 2 is 1.42 bits per heavy atom. The lowest BCUT2D eigenvalue weighted by Crippen LogP contribution is -2.55. The molecule has 4 rings (SSSR count). The Hall–Kier alpha value is -1.59. The van der Waals surface area contributed by atoms with Crippen molar-refractivity contribution in [1.29, 1.82) is 0 Å². The highest BCUT2D eigenvalue weighted by Crippen LogP contribution is 2.60. The molecule has 0 aliphatic heterocycles. The lowest BCUT2D eigenvalue weighted by molar-refractivity contribution is -0.162. The molecule has 0 aromatic carbocycles. The molecule has 134 valence electrons. The van der Waals surface area contributed by atoms with E-state index in [1.807, 2.05) is 0 Å². The Balaban J connectivity index is 1.74. The number of nitrogens with zero attached hydrogens (tertiary/aromatic N) is 1. The van der Waals surface area contributed by atoms with Crippen molar-refractivity contribution in [2.75, 3.05) is 27.3 Å². The maximum Gasteiger partial charge on any atom is 0.325 e. The number of ether oxygens (including phenoxy) is 2. The Kier molecular flexibility index (Phi) is 4.83. The summed E-state index contributed by atoms with van der Waals surface area (Å²) in [5.41, 5.74) is -0.321. The molecule has 4 saturated carbocycles. The van der Waals surface area contributed by atoms with Crippen molar-refractivity contribution < 1.29 is 23.9 Å². The number of methoxy groups -OCH3 is 2. The highest BCUT2D eigenvalue weighted by molar-refractivity contribution is 5.87. The molecule has 4 bridgehead atoms. The van der Waals surface area contributed by atoms with Gasteiger partial charge >= 0.3 is 11.9 Å². The first-order valence-corrected chi connectivity index (χ1v) is 8.89. The number of rotatable bonds is 6. The summed E-state index contributed by atoms with van der Waals surface area (Å²) in [5, 5.41) is 0. The lowest BCUT2D eigenvalue weighted by Gasteiger charge is -2.56. The van der Waals surface area contributed by atoms with Crippen molar-refractivity contribution in [3.8, 4) is 0 Å². The molecule has 0 saturated heterocycles. The third-order valence-electron chi connectivity index (χ3n) is 6.14. The predicted molar refractivity (Wildman–Crippen MR) is 85.8 cm³/mol. The van der Waals surface area contributed by atoms with E-state index >= 15 is 0 Å². The molecule has 0 aromatic heterocycles. The molecule has 0 radical (unpaired) electrons. The third kappa shape index (κ3) is 3.28. The molecule has 4 aliphatic carbocycles. The van der Waals surface area contributed by atoms with Crippen LogP contribution >= 0.6 is 0 Å². The van der Waals surface area contributed by atoms with E-state index in [0.29, 0.717) is 17.8 Å². The molecule has 0 spiro atoms. The summed E-state index contributed by atoms with van der Waals surface area (Å²) in [6, 6.07) is 0. The Morgan fingerprint density at radius 1 is 0.917 bits per heavy atom.